The van der Waals surface area contributed by atoms with E-state index in [1.807, 2.05) is 42.1 Å². The van der Waals surface area contributed by atoms with Gasteiger partial charge in [-0.25, -0.2) is 4.39 Å². The molecule has 3 atom stereocenters. The number of piperidine rings is 1. The fraction of sp³-hybridized carbons (Fsp3) is 0.483. The molecule has 2 heterocycles. The minimum atomic E-state index is -1.06. The molecule has 1 aromatic heterocycles. The zero-order chi connectivity index (χ0) is 25.3. The summed E-state index contributed by atoms with van der Waals surface area (Å²) >= 11 is 1.86. The Bertz CT molecular complexity index is 1100. The number of ether oxygens (including phenoxy) is 2. The average molecular weight is 513 g/mol. The lowest BCUT2D eigenvalue weighted by Crippen LogP contribution is -2.42. The lowest BCUT2D eigenvalue weighted by Gasteiger charge is -2.38. The maximum absolute atomic E-state index is 15.4. The van der Waals surface area contributed by atoms with Crippen molar-refractivity contribution < 1.29 is 19.0 Å². The van der Waals surface area contributed by atoms with Gasteiger partial charge in [-0.15, -0.1) is 11.8 Å². The van der Waals surface area contributed by atoms with E-state index in [9.17, 15) is 5.11 Å². The maximum Gasteiger partial charge on any atom is 0.126 e. The molecule has 0 bridgehead atoms. The van der Waals surface area contributed by atoms with Gasteiger partial charge in [-0.05, 0) is 110 Å². The number of alkyl halides is 1. The molecule has 0 spiro atoms. The Morgan fingerprint density at radius 3 is 2.61 bits per heavy atom. The van der Waals surface area contributed by atoms with Gasteiger partial charge in [-0.3, -0.25) is 4.98 Å². The summed E-state index contributed by atoms with van der Waals surface area (Å²) in [6, 6.07) is 15.6. The van der Waals surface area contributed by atoms with Gasteiger partial charge in [0.25, 0.3) is 0 Å². The van der Waals surface area contributed by atoms with Crippen molar-refractivity contribution >= 4 is 22.7 Å². The highest BCUT2D eigenvalue weighted by molar-refractivity contribution is 7.99. The number of hydrogen-bond acceptors (Lipinski definition) is 6. The van der Waals surface area contributed by atoms with Crippen molar-refractivity contribution in [1.82, 2.24) is 9.88 Å². The first-order valence-electron chi connectivity index (χ1n) is 12.8. The van der Waals surface area contributed by atoms with Gasteiger partial charge in [0.05, 0.1) is 19.7 Å². The number of likely N-dealkylation sites (tertiary alicyclic amines) is 1. The molecular formula is C29H37FN2O3S. The molecule has 2 aromatic carbocycles. The number of nitrogens with zero attached hydrogens (tertiary/aromatic N) is 2. The number of aliphatic hydroxyl groups excluding tert-OH is 1. The lowest BCUT2D eigenvalue weighted by molar-refractivity contribution is 0.0640. The van der Waals surface area contributed by atoms with Crippen LogP contribution in [0.4, 0.5) is 4.39 Å². The summed E-state index contributed by atoms with van der Waals surface area (Å²) in [4.78, 5) is 8.08. The summed E-state index contributed by atoms with van der Waals surface area (Å²) in [7, 11) is 3.30. The van der Waals surface area contributed by atoms with Crippen LogP contribution in [0.25, 0.3) is 10.9 Å². The first kappa shape index (κ1) is 26.7. The maximum atomic E-state index is 15.4. The van der Waals surface area contributed by atoms with Gasteiger partial charge in [0.15, 0.2) is 0 Å². The van der Waals surface area contributed by atoms with Crippen molar-refractivity contribution in [2.75, 3.05) is 46.2 Å². The number of aliphatic hydroxyl groups is 1. The number of fused-ring (bicyclic) bond motifs is 1. The molecule has 1 saturated heterocycles. The number of rotatable bonds is 12. The number of methoxy groups -OCH3 is 2. The van der Waals surface area contributed by atoms with Gasteiger partial charge in [0.2, 0.25) is 0 Å². The highest BCUT2D eigenvalue weighted by Crippen LogP contribution is 2.35. The van der Waals surface area contributed by atoms with Crippen LogP contribution in [0.2, 0.25) is 0 Å². The standard InChI is InChI=1S/C29H37FN2O3S/c1-34-23-5-8-25(9-6-23)36-17-3-15-32-16-13-21(22(19-32)20-33)4-10-28(30)26-12-14-31-29-11-7-24(35-2)18-27(26)29/h5-9,11-12,14,18,21-22,28,33H,3-4,10,13,15-17,19-20H2,1-2H3/t21-,22-,28-/m1/s1. The third kappa shape index (κ3) is 6.90. The second kappa shape index (κ2) is 13.3. The molecule has 0 unspecified atom stereocenters. The van der Waals surface area contributed by atoms with Gasteiger partial charge in [-0.1, -0.05) is 0 Å². The van der Waals surface area contributed by atoms with E-state index in [0.717, 1.165) is 61.3 Å². The molecule has 7 heteroatoms. The molecule has 36 heavy (non-hydrogen) atoms. The van der Waals surface area contributed by atoms with Crippen LogP contribution in [0, 0.1) is 11.8 Å². The molecule has 1 N–H and O–H groups in total. The molecule has 4 rings (SSSR count). The van der Waals surface area contributed by atoms with Crippen LogP contribution in [0.1, 0.15) is 37.4 Å². The Hall–Kier alpha value is -2.35. The molecule has 0 radical (unpaired) electrons. The van der Waals surface area contributed by atoms with Crippen LogP contribution >= 0.6 is 11.8 Å². The van der Waals surface area contributed by atoms with E-state index in [1.165, 1.54) is 4.90 Å². The number of hydrogen-bond donors (Lipinski definition) is 1. The number of thioether (sulfide) groups is 1. The molecule has 0 amide bonds. The van der Waals surface area contributed by atoms with E-state index in [1.54, 1.807) is 26.5 Å². The zero-order valence-electron chi connectivity index (χ0n) is 21.2. The Kier molecular flexibility index (Phi) is 9.84. The molecule has 3 aromatic rings. The van der Waals surface area contributed by atoms with Gasteiger partial charge in [0.1, 0.15) is 17.7 Å². The third-order valence-corrected chi connectivity index (χ3v) is 8.37. The number of aromatic nitrogens is 1. The largest absolute Gasteiger partial charge is 0.497 e. The van der Waals surface area contributed by atoms with Gasteiger partial charge >= 0.3 is 0 Å². The molecular weight excluding hydrogens is 475 g/mol. The minimum absolute atomic E-state index is 0.161. The van der Waals surface area contributed by atoms with E-state index < -0.39 is 6.17 Å². The third-order valence-electron chi connectivity index (χ3n) is 7.27. The molecule has 1 fully saturated rings. The van der Waals surface area contributed by atoms with Crippen LogP contribution in [0.15, 0.2) is 59.6 Å². The van der Waals surface area contributed by atoms with Crippen molar-refractivity contribution in [3.8, 4) is 11.5 Å². The Balaban J connectivity index is 1.24. The second-order valence-electron chi connectivity index (χ2n) is 9.50. The number of halogens is 1. The summed E-state index contributed by atoms with van der Waals surface area (Å²) in [6.45, 7) is 3.10. The van der Waals surface area contributed by atoms with E-state index in [0.29, 0.717) is 23.7 Å². The predicted octanol–water partition coefficient (Wildman–Crippen LogP) is 6.16. The Morgan fingerprint density at radius 1 is 1.08 bits per heavy atom. The summed E-state index contributed by atoms with van der Waals surface area (Å²) in [5, 5.41) is 10.9. The van der Waals surface area contributed by atoms with E-state index in [-0.39, 0.29) is 12.5 Å². The van der Waals surface area contributed by atoms with Gasteiger partial charge in [-0.2, -0.15) is 0 Å². The smallest absolute Gasteiger partial charge is 0.126 e. The monoisotopic (exact) mass is 512 g/mol. The summed E-state index contributed by atoms with van der Waals surface area (Å²) in [5.74, 6) is 3.20. The van der Waals surface area contributed by atoms with E-state index in [4.69, 9.17) is 9.47 Å². The van der Waals surface area contributed by atoms with Crippen LogP contribution in [-0.2, 0) is 0 Å². The fourth-order valence-corrected chi connectivity index (χ4v) is 6.00. The lowest BCUT2D eigenvalue weighted by atomic mass is 9.81. The highest BCUT2D eigenvalue weighted by Gasteiger charge is 2.29. The molecule has 1 aliphatic heterocycles. The van der Waals surface area contributed by atoms with E-state index in [2.05, 4.69) is 22.0 Å². The SMILES string of the molecule is COc1ccc(SCCCN2CC[C@@H](CC[C@@H](F)c3ccnc4ccc(OC)cc34)[C@@H](CO)C2)cc1. The minimum Gasteiger partial charge on any atom is -0.497 e. The quantitative estimate of drug-likeness (QED) is 0.232. The second-order valence-corrected chi connectivity index (χ2v) is 10.7. The molecule has 0 aliphatic carbocycles. The number of benzene rings is 2. The highest BCUT2D eigenvalue weighted by atomic mass is 32.2. The van der Waals surface area contributed by atoms with Crippen molar-refractivity contribution in [2.24, 2.45) is 11.8 Å². The molecule has 5 nitrogen and oxygen atoms in total. The normalized spacial score (nSPS) is 19.3. The van der Waals surface area contributed by atoms with Crippen molar-refractivity contribution in [3.05, 3.63) is 60.3 Å². The molecule has 1 aliphatic rings. The summed E-state index contributed by atoms with van der Waals surface area (Å²) < 4.78 is 25.9. The first-order chi connectivity index (χ1) is 17.6. The van der Waals surface area contributed by atoms with Crippen molar-refractivity contribution in [1.29, 1.82) is 0 Å². The predicted molar refractivity (Wildman–Crippen MR) is 145 cm³/mol. The summed E-state index contributed by atoms with van der Waals surface area (Å²) in [6.07, 6.45) is 3.96. The molecule has 0 saturated carbocycles. The first-order valence-corrected chi connectivity index (χ1v) is 13.8. The zero-order valence-corrected chi connectivity index (χ0v) is 22.1. The van der Waals surface area contributed by atoms with Crippen LogP contribution in [0.3, 0.4) is 0 Å². The topological polar surface area (TPSA) is 54.8 Å². The Morgan fingerprint density at radius 2 is 1.86 bits per heavy atom. The average Bonchev–Trinajstić information content (AvgIpc) is 2.93. The Labute approximate surface area is 218 Å². The van der Waals surface area contributed by atoms with E-state index >= 15 is 4.39 Å². The van der Waals surface area contributed by atoms with Crippen LogP contribution < -0.4 is 9.47 Å². The van der Waals surface area contributed by atoms with Gasteiger partial charge < -0.3 is 19.5 Å². The molecule has 194 valence electrons. The fourth-order valence-electron chi connectivity index (χ4n) is 5.16. The van der Waals surface area contributed by atoms with Crippen molar-refractivity contribution in [2.45, 2.75) is 36.8 Å². The van der Waals surface area contributed by atoms with Crippen LogP contribution in [-0.4, -0.2) is 61.2 Å². The summed E-state index contributed by atoms with van der Waals surface area (Å²) in [5.41, 5.74) is 1.45. The number of pyridine rings is 1. The van der Waals surface area contributed by atoms with Crippen LogP contribution in [0.5, 0.6) is 11.5 Å². The van der Waals surface area contributed by atoms with Crippen molar-refractivity contribution in [3.63, 3.8) is 0 Å². The van der Waals surface area contributed by atoms with Gasteiger partial charge in [0, 0.05) is 29.6 Å².